The Kier molecular flexibility index (Phi) is 4.72. The Labute approximate surface area is 132 Å². The van der Waals surface area contributed by atoms with E-state index in [2.05, 4.69) is 5.32 Å². The van der Waals surface area contributed by atoms with E-state index >= 15 is 0 Å². The minimum Gasteiger partial charge on any atom is -0.443 e. The van der Waals surface area contributed by atoms with E-state index in [1.165, 1.54) is 43.3 Å². The highest BCUT2D eigenvalue weighted by Crippen LogP contribution is 2.26. The molecule has 0 aliphatic heterocycles. The number of furan rings is 1. The molecule has 2 aromatic rings. The first-order valence-electron chi connectivity index (χ1n) is 6.71. The third kappa shape index (κ3) is 3.71. The van der Waals surface area contributed by atoms with Crippen LogP contribution in [0.4, 0.5) is 10.3 Å². The maximum atomic E-state index is 12.8. The highest BCUT2D eigenvalue weighted by molar-refractivity contribution is 6.04. The second kappa shape index (κ2) is 6.71. The van der Waals surface area contributed by atoms with E-state index in [1.54, 1.807) is 6.92 Å². The van der Waals surface area contributed by atoms with Gasteiger partial charge in [0.05, 0.1) is 5.56 Å². The zero-order valence-corrected chi connectivity index (χ0v) is 12.5. The molecule has 0 bridgehead atoms. The molecule has 1 N–H and O–H groups in total. The first-order chi connectivity index (χ1) is 10.9. The van der Waals surface area contributed by atoms with E-state index < -0.39 is 5.91 Å². The maximum Gasteiger partial charge on any atom is 0.250 e. The Bertz CT molecular complexity index is 827. The summed E-state index contributed by atoms with van der Waals surface area (Å²) in [5.41, 5.74) is 0.797. The second-order valence-electron chi connectivity index (χ2n) is 4.78. The number of carbonyl (C=O) groups excluding carboxylic acids is 2. The van der Waals surface area contributed by atoms with Crippen molar-refractivity contribution in [2.75, 3.05) is 5.32 Å². The Morgan fingerprint density at radius 1 is 1.30 bits per heavy atom. The molecular formula is C17H13FN2O3. The molecule has 0 aliphatic rings. The van der Waals surface area contributed by atoms with Gasteiger partial charge in [-0.1, -0.05) is 12.1 Å². The second-order valence-corrected chi connectivity index (χ2v) is 4.78. The van der Waals surface area contributed by atoms with Gasteiger partial charge < -0.3 is 4.42 Å². The molecule has 0 atom stereocenters. The van der Waals surface area contributed by atoms with E-state index in [0.717, 1.165) is 0 Å². The van der Waals surface area contributed by atoms with Crippen LogP contribution in [0.3, 0.4) is 0 Å². The number of aryl methyl sites for hydroxylation is 1. The van der Waals surface area contributed by atoms with Crippen LogP contribution < -0.4 is 5.32 Å². The van der Waals surface area contributed by atoms with E-state index in [4.69, 9.17) is 9.68 Å². The van der Waals surface area contributed by atoms with Gasteiger partial charge in [-0.05, 0) is 37.6 Å². The van der Waals surface area contributed by atoms with Gasteiger partial charge >= 0.3 is 0 Å². The van der Waals surface area contributed by atoms with Crippen LogP contribution in [0, 0.1) is 24.1 Å². The average molecular weight is 312 g/mol. The molecule has 6 heteroatoms. The van der Waals surface area contributed by atoms with Gasteiger partial charge in [0, 0.05) is 6.08 Å². The summed E-state index contributed by atoms with van der Waals surface area (Å²) in [7, 11) is 0. The lowest BCUT2D eigenvalue weighted by Gasteiger charge is -1.98. The highest BCUT2D eigenvalue weighted by atomic mass is 19.1. The highest BCUT2D eigenvalue weighted by Gasteiger charge is 2.21. The molecule has 1 amide bonds. The lowest BCUT2D eigenvalue weighted by Crippen LogP contribution is -2.08. The van der Waals surface area contributed by atoms with E-state index in [9.17, 15) is 14.0 Å². The third-order valence-corrected chi connectivity index (χ3v) is 3.08. The molecule has 116 valence electrons. The smallest absolute Gasteiger partial charge is 0.250 e. The Hall–Kier alpha value is -3.20. The largest absolute Gasteiger partial charge is 0.443 e. The SMILES string of the molecule is CC(=O)c1c(C)oc(NC(=O)/C=C/c2ccc(F)cc2)c1C#N. The van der Waals surface area contributed by atoms with Gasteiger partial charge in [-0.25, -0.2) is 4.39 Å². The quantitative estimate of drug-likeness (QED) is 0.692. The van der Waals surface area contributed by atoms with Crippen molar-refractivity contribution in [2.24, 2.45) is 0 Å². The van der Waals surface area contributed by atoms with Crippen LogP contribution in [0.1, 0.15) is 34.2 Å². The van der Waals surface area contributed by atoms with Crippen LogP contribution in [0.2, 0.25) is 0 Å². The van der Waals surface area contributed by atoms with Crippen molar-refractivity contribution in [3.05, 3.63) is 58.6 Å². The van der Waals surface area contributed by atoms with E-state index in [0.29, 0.717) is 5.56 Å². The van der Waals surface area contributed by atoms with Gasteiger partial charge in [0.25, 0.3) is 5.91 Å². The number of ketones is 1. The van der Waals surface area contributed by atoms with Crippen molar-refractivity contribution < 1.29 is 18.4 Å². The van der Waals surface area contributed by atoms with Crippen molar-refractivity contribution in [2.45, 2.75) is 13.8 Å². The molecule has 5 nitrogen and oxygen atoms in total. The maximum absolute atomic E-state index is 12.8. The summed E-state index contributed by atoms with van der Waals surface area (Å²) < 4.78 is 18.1. The zero-order chi connectivity index (χ0) is 17.0. The van der Waals surface area contributed by atoms with Crippen LogP contribution in [0.5, 0.6) is 0 Å². The molecular weight excluding hydrogens is 299 g/mol. The number of Topliss-reactive ketones (excluding diaryl/α,β-unsaturated/α-hetero) is 1. The summed E-state index contributed by atoms with van der Waals surface area (Å²) >= 11 is 0. The Balaban J connectivity index is 2.18. The molecule has 0 saturated carbocycles. The van der Waals surface area contributed by atoms with Gasteiger partial charge in [0.1, 0.15) is 23.2 Å². The predicted octanol–water partition coefficient (Wildman–Crippen LogP) is 3.45. The lowest BCUT2D eigenvalue weighted by molar-refractivity contribution is -0.111. The fraction of sp³-hybridized carbons (Fsp3) is 0.118. The van der Waals surface area contributed by atoms with Gasteiger partial charge in [-0.2, -0.15) is 5.26 Å². The lowest BCUT2D eigenvalue weighted by atomic mass is 10.1. The number of amides is 1. The number of hydrogen-bond acceptors (Lipinski definition) is 4. The van der Waals surface area contributed by atoms with Crippen LogP contribution in [0.25, 0.3) is 6.08 Å². The molecule has 1 aromatic carbocycles. The number of rotatable bonds is 4. The number of carbonyl (C=O) groups is 2. The number of nitrogens with zero attached hydrogens (tertiary/aromatic N) is 1. The van der Waals surface area contributed by atoms with Crippen LogP contribution in [-0.2, 0) is 4.79 Å². The van der Waals surface area contributed by atoms with Crippen LogP contribution in [-0.4, -0.2) is 11.7 Å². The first-order valence-corrected chi connectivity index (χ1v) is 6.71. The molecule has 1 aromatic heterocycles. The monoisotopic (exact) mass is 312 g/mol. The van der Waals surface area contributed by atoms with Crippen molar-refractivity contribution >= 4 is 23.7 Å². The summed E-state index contributed by atoms with van der Waals surface area (Å²) in [6.45, 7) is 2.86. The van der Waals surface area contributed by atoms with Gasteiger partial charge in [0.2, 0.25) is 5.88 Å². The molecule has 0 aliphatic carbocycles. The van der Waals surface area contributed by atoms with E-state index in [-0.39, 0.29) is 34.4 Å². The minimum absolute atomic E-state index is 0.00136. The minimum atomic E-state index is -0.533. The Morgan fingerprint density at radius 2 is 1.96 bits per heavy atom. The molecule has 0 saturated heterocycles. The van der Waals surface area contributed by atoms with Crippen molar-refractivity contribution in [1.29, 1.82) is 5.26 Å². The molecule has 1 heterocycles. The Morgan fingerprint density at radius 3 is 2.52 bits per heavy atom. The topological polar surface area (TPSA) is 83.1 Å². The number of hydrogen-bond donors (Lipinski definition) is 1. The van der Waals surface area contributed by atoms with Crippen molar-refractivity contribution in [3.63, 3.8) is 0 Å². The molecule has 0 fully saturated rings. The number of nitrogens with one attached hydrogen (secondary N) is 1. The normalized spacial score (nSPS) is 10.5. The fourth-order valence-electron chi connectivity index (χ4n) is 2.06. The van der Waals surface area contributed by atoms with E-state index in [1.807, 2.05) is 6.07 Å². The average Bonchev–Trinajstić information content (AvgIpc) is 2.82. The predicted molar refractivity (Wildman–Crippen MR) is 82.2 cm³/mol. The number of nitriles is 1. The molecule has 23 heavy (non-hydrogen) atoms. The first kappa shape index (κ1) is 16.2. The van der Waals surface area contributed by atoms with Gasteiger partial charge in [-0.3, -0.25) is 14.9 Å². The van der Waals surface area contributed by atoms with Gasteiger partial charge in [0.15, 0.2) is 5.78 Å². The zero-order valence-electron chi connectivity index (χ0n) is 12.5. The van der Waals surface area contributed by atoms with Crippen LogP contribution >= 0.6 is 0 Å². The fourth-order valence-corrected chi connectivity index (χ4v) is 2.06. The molecule has 0 spiro atoms. The van der Waals surface area contributed by atoms with Crippen molar-refractivity contribution in [1.82, 2.24) is 0 Å². The summed E-state index contributed by atoms with van der Waals surface area (Å²) in [6.07, 6.45) is 2.71. The van der Waals surface area contributed by atoms with Crippen molar-refractivity contribution in [3.8, 4) is 6.07 Å². The number of anilines is 1. The van der Waals surface area contributed by atoms with Gasteiger partial charge in [-0.15, -0.1) is 0 Å². The summed E-state index contributed by atoms with van der Waals surface area (Å²) in [6, 6.07) is 7.45. The molecule has 0 unspecified atom stereocenters. The molecule has 2 rings (SSSR count). The summed E-state index contributed by atoms with van der Waals surface area (Å²) in [4.78, 5) is 23.4. The number of benzene rings is 1. The summed E-state index contributed by atoms with van der Waals surface area (Å²) in [5, 5.41) is 11.6. The molecule has 0 radical (unpaired) electrons. The standard InChI is InChI=1S/C17H13FN2O3/c1-10(21)16-11(2)23-17(14(16)9-19)20-15(22)8-5-12-3-6-13(18)7-4-12/h3-8H,1-2H3,(H,20,22)/b8-5+. The van der Waals surface area contributed by atoms with Crippen LogP contribution in [0.15, 0.2) is 34.8 Å². The third-order valence-electron chi connectivity index (χ3n) is 3.08. The number of halogens is 1. The summed E-state index contributed by atoms with van der Waals surface area (Å²) in [5.74, 6) is -1.01.